The van der Waals surface area contributed by atoms with Crippen molar-refractivity contribution in [2.75, 3.05) is 0 Å². The minimum absolute atomic E-state index is 0.0503. The number of aryl methyl sites for hydroxylation is 2. The van der Waals surface area contributed by atoms with Crippen molar-refractivity contribution in [2.45, 2.75) is 89.1 Å². The number of hydrogen-bond donors (Lipinski definition) is 0. The molecule has 7 heteroatoms. The summed E-state index contributed by atoms with van der Waals surface area (Å²) in [5.74, 6) is 1.71. The largest absolute Gasteiger partial charge is 0.331 e. The molecular weight excluding hydrogens is 437 g/mol. The molecule has 5 nitrogen and oxygen atoms in total. The number of hydrogen-bond acceptors (Lipinski definition) is 3. The topological polar surface area (TPSA) is 48.5 Å². The summed E-state index contributed by atoms with van der Waals surface area (Å²) in [6, 6.07) is 4.87. The monoisotopic (exact) mass is 467 g/mol. The van der Waals surface area contributed by atoms with Gasteiger partial charge in [-0.1, -0.05) is 18.0 Å². The predicted octanol–water partition coefficient (Wildman–Crippen LogP) is 6.18. The van der Waals surface area contributed by atoms with Crippen LogP contribution < -0.4 is 0 Å². The smallest absolute Gasteiger partial charge is 0.151 e. The van der Waals surface area contributed by atoms with E-state index in [4.69, 9.17) is 21.7 Å². The van der Waals surface area contributed by atoms with Gasteiger partial charge in [-0.2, -0.15) is 5.10 Å². The molecule has 1 atom stereocenters. The fourth-order valence-electron chi connectivity index (χ4n) is 6.64. The number of benzene rings is 1. The van der Waals surface area contributed by atoms with Crippen LogP contribution in [0.1, 0.15) is 86.6 Å². The van der Waals surface area contributed by atoms with Crippen molar-refractivity contribution < 1.29 is 4.39 Å². The quantitative estimate of drug-likeness (QED) is 0.460. The maximum atomic E-state index is 14.1. The first-order valence-electron chi connectivity index (χ1n) is 12.3. The van der Waals surface area contributed by atoms with Crippen molar-refractivity contribution in [3.63, 3.8) is 0 Å². The van der Waals surface area contributed by atoms with E-state index in [0.29, 0.717) is 10.4 Å². The van der Waals surface area contributed by atoms with Gasteiger partial charge >= 0.3 is 0 Å². The third-order valence-electron chi connectivity index (χ3n) is 8.61. The summed E-state index contributed by atoms with van der Waals surface area (Å²) < 4.78 is 18.6. The number of nitrogens with zero attached hydrogens (tertiary/aromatic N) is 5. The van der Waals surface area contributed by atoms with Crippen molar-refractivity contribution in [1.82, 2.24) is 24.3 Å². The molecule has 0 spiro atoms. The minimum Gasteiger partial charge on any atom is -0.331 e. The van der Waals surface area contributed by atoms with Gasteiger partial charge in [-0.25, -0.2) is 19.0 Å². The first kappa shape index (κ1) is 21.3. The van der Waals surface area contributed by atoms with E-state index in [1.165, 1.54) is 44.6 Å². The Morgan fingerprint density at radius 1 is 1.09 bits per heavy atom. The molecule has 1 aliphatic heterocycles. The Bertz CT molecular complexity index is 1140. The van der Waals surface area contributed by atoms with Crippen LogP contribution in [-0.2, 0) is 18.5 Å². The summed E-state index contributed by atoms with van der Waals surface area (Å²) in [4.78, 5) is 9.57. The van der Waals surface area contributed by atoms with Gasteiger partial charge in [0.1, 0.15) is 11.6 Å². The first-order valence-corrected chi connectivity index (χ1v) is 12.7. The maximum Gasteiger partial charge on any atom is 0.151 e. The molecule has 2 aromatic heterocycles. The third-order valence-corrected chi connectivity index (χ3v) is 8.83. The summed E-state index contributed by atoms with van der Waals surface area (Å²) in [5.41, 5.74) is 2.58. The summed E-state index contributed by atoms with van der Waals surface area (Å²) >= 11 is 6.18. The Balaban J connectivity index is 1.24. The molecule has 3 aliphatic carbocycles. The van der Waals surface area contributed by atoms with Crippen LogP contribution in [0, 0.1) is 18.2 Å². The SMILES string of the molecule is Cc1cn(C23CCC(Cc4nc5n(n4)CCCC[C@@H]5c4cc(F)cc(Cl)c4)(CC2)CC3)cn1. The van der Waals surface area contributed by atoms with Crippen LogP contribution >= 0.6 is 11.6 Å². The van der Waals surface area contributed by atoms with E-state index < -0.39 is 0 Å². The summed E-state index contributed by atoms with van der Waals surface area (Å²) in [6.45, 7) is 2.96. The summed E-state index contributed by atoms with van der Waals surface area (Å²) in [7, 11) is 0. The zero-order valence-corrected chi connectivity index (χ0v) is 20.0. The Kier molecular flexibility index (Phi) is 5.13. The standard InChI is InChI=1S/C26H31ClFN5/c1-18-16-32(17-29-18)26-8-5-25(6-9-26,7-10-26)15-23-30-24-22(4-2-3-11-33(24)31-23)19-12-20(27)14-21(28)13-19/h12-14,16-17,22H,2-11,15H2,1H3/t22-,25?,26?/m1/s1. The lowest BCUT2D eigenvalue weighted by atomic mass is 9.56. The highest BCUT2D eigenvalue weighted by molar-refractivity contribution is 6.30. The normalized spacial score (nSPS) is 29.1. The lowest BCUT2D eigenvalue weighted by Crippen LogP contribution is -2.48. The van der Waals surface area contributed by atoms with Crippen LogP contribution in [0.5, 0.6) is 0 Å². The van der Waals surface area contributed by atoms with Gasteiger partial charge in [0, 0.05) is 35.6 Å². The van der Waals surface area contributed by atoms with Crippen LogP contribution in [0.4, 0.5) is 4.39 Å². The fourth-order valence-corrected chi connectivity index (χ4v) is 6.87. The molecular formula is C26H31ClFN5. The lowest BCUT2D eigenvalue weighted by molar-refractivity contribution is -0.00128. The zero-order valence-electron chi connectivity index (χ0n) is 19.2. The summed E-state index contributed by atoms with van der Waals surface area (Å²) in [6.07, 6.45) is 15.6. The third kappa shape index (κ3) is 3.80. The van der Waals surface area contributed by atoms with Crippen LogP contribution in [-0.4, -0.2) is 24.3 Å². The van der Waals surface area contributed by atoms with Gasteiger partial charge in [0.05, 0.1) is 12.0 Å². The highest BCUT2D eigenvalue weighted by atomic mass is 35.5. The van der Waals surface area contributed by atoms with E-state index in [1.807, 2.05) is 12.4 Å². The van der Waals surface area contributed by atoms with Crippen molar-refractivity contribution in [2.24, 2.45) is 5.41 Å². The highest BCUT2D eigenvalue weighted by Crippen LogP contribution is 2.56. The van der Waals surface area contributed by atoms with Crippen molar-refractivity contribution >= 4 is 11.6 Å². The average molecular weight is 468 g/mol. The molecule has 7 rings (SSSR count). The van der Waals surface area contributed by atoms with Gasteiger partial charge in [-0.05, 0) is 87.5 Å². The van der Waals surface area contributed by atoms with Gasteiger partial charge in [-0.3, -0.25) is 0 Å². The van der Waals surface area contributed by atoms with Gasteiger partial charge in [-0.15, -0.1) is 0 Å². The lowest BCUT2D eigenvalue weighted by Gasteiger charge is -2.53. The minimum atomic E-state index is -0.284. The van der Waals surface area contributed by atoms with Crippen LogP contribution in [0.2, 0.25) is 5.02 Å². The predicted molar refractivity (Wildman–Crippen MR) is 126 cm³/mol. The molecule has 0 saturated heterocycles. The number of imidazole rings is 1. The molecule has 3 saturated carbocycles. The van der Waals surface area contributed by atoms with Crippen LogP contribution in [0.15, 0.2) is 30.7 Å². The Morgan fingerprint density at radius 3 is 2.58 bits per heavy atom. The highest BCUT2D eigenvalue weighted by Gasteiger charge is 2.50. The Hall–Kier alpha value is -2.21. The van der Waals surface area contributed by atoms with E-state index in [0.717, 1.165) is 55.1 Å². The molecule has 33 heavy (non-hydrogen) atoms. The van der Waals surface area contributed by atoms with E-state index in [-0.39, 0.29) is 17.3 Å². The molecule has 174 valence electrons. The fraction of sp³-hybridized carbons (Fsp3) is 0.577. The zero-order chi connectivity index (χ0) is 22.6. The van der Waals surface area contributed by atoms with E-state index >= 15 is 0 Å². The second-order valence-electron chi connectivity index (χ2n) is 10.7. The molecule has 4 aliphatic rings. The average Bonchev–Trinajstić information content (AvgIpc) is 3.35. The molecule has 1 aromatic carbocycles. The number of aromatic nitrogens is 5. The number of halogens is 2. The molecule has 0 N–H and O–H groups in total. The van der Waals surface area contributed by atoms with E-state index in [1.54, 1.807) is 6.07 Å². The summed E-state index contributed by atoms with van der Waals surface area (Å²) in [5, 5.41) is 5.42. The number of rotatable bonds is 4. The van der Waals surface area contributed by atoms with Gasteiger partial charge < -0.3 is 4.57 Å². The molecule has 3 fully saturated rings. The molecule has 0 radical (unpaired) electrons. The molecule has 0 unspecified atom stereocenters. The van der Waals surface area contributed by atoms with E-state index in [2.05, 4.69) is 27.4 Å². The molecule has 3 aromatic rings. The second kappa shape index (κ2) is 7.93. The molecule has 3 heterocycles. The van der Waals surface area contributed by atoms with Crippen LogP contribution in [0.25, 0.3) is 0 Å². The second-order valence-corrected chi connectivity index (χ2v) is 11.1. The molecule has 2 bridgehead atoms. The first-order chi connectivity index (χ1) is 15.9. The Labute approximate surface area is 199 Å². The number of fused-ring (bicyclic) bond motifs is 4. The van der Waals surface area contributed by atoms with Crippen molar-refractivity contribution in [3.8, 4) is 0 Å². The Morgan fingerprint density at radius 2 is 1.88 bits per heavy atom. The van der Waals surface area contributed by atoms with Gasteiger partial charge in [0.2, 0.25) is 0 Å². The van der Waals surface area contributed by atoms with Crippen molar-refractivity contribution in [1.29, 1.82) is 0 Å². The van der Waals surface area contributed by atoms with Crippen molar-refractivity contribution in [3.05, 3.63) is 64.5 Å². The molecule has 0 amide bonds. The van der Waals surface area contributed by atoms with Gasteiger partial charge in [0.25, 0.3) is 0 Å². The van der Waals surface area contributed by atoms with E-state index in [9.17, 15) is 4.39 Å². The van der Waals surface area contributed by atoms with Gasteiger partial charge in [0.15, 0.2) is 5.82 Å². The maximum absolute atomic E-state index is 14.1. The van der Waals surface area contributed by atoms with Crippen LogP contribution in [0.3, 0.4) is 0 Å².